The van der Waals surface area contributed by atoms with Crippen molar-refractivity contribution in [3.8, 4) is 11.5 Å². The maximum Gasteiger partial charge on any atom is 0.343 e. The SMILES string of the molecule is C[C@H](O)/C=C/c1c(OC(=O)c2ccccc2)cc(CCc2ccccc2)cc1OC(=O)c1ccccc1. The summed E-state index contributed by atoms with van der Waals surface area (Å²) in [7, 11) is 0. The van der Waals surface area contributed by atoms with E-state index in [9.17, 15) is 14.7 Å². The van der Waals surface area contributed by atoms with Crippen molar-refractivity contribution >= 4 is 18.0 Å². The van der Waals surface area contributed by atoms with Crippen LogP contribution in [0.4, 0.5) is 0 Å². The Morgan fingerprint density at radius 1 is 0.703 bits per heavy atom. The molecule has 5 heteroatoms. The molecule has 0 aromatic heterocycles. The molecule has 0 saturated heterocycles. The van der Waals surface area contributed by atoms with Crippen LogP contribution in [0.5, 0.6) is 11.5 Å². The first kappa shape index (κ1) is 25.6. The Kier molecular flexibility index (Phi) is 8.63. The lowest BCUT2D eigenvalue weighted by Gasteiger charge is -2.16. The lowest BCUT2D eigenvalue weighted by atomic mass is 10.0. The van der Waals surface area contributed by atoms with Crippen molar-refractivity contribution in [1.82, 2.24) is 0 Å². The Bertz CT molecular complexity index is 1290. The molecular formula is C32H28O5. The summed E-state index contributed by atoms with van der Waals surface area (Å²) in [5.41, 5.74) is 3.17. The molecule has 4 aromatic carbocycles. The molecule has 0 aliphatic rings. The molecule has 0 fully saturated rings. The van der Waals surface area contributed by atoms with Crippen LogP contribution in [0.1, 0.15) is 44.3 Å². The van der Waals surface area contributed by atoms with Gasteiger partial charge in [-0.3, -0.25) is 0 Å². The Hall–Kier alpha value is -4.48. The Morgan fingerprint density at radius 2 is 1.14 bits per heavy atom. The Balaban J connectivity index is 1.74. The first-order valence-corrected chi connectivity index (χ1v) is 12.1. The monoisotopic (exact) mass is 492 g/mol. The fourth-order valence-electron chi connectivity index (χ4n) is 3.77. The molecule has 4 aromatic rings. The number of hydrogen-bond donors (Lipinski definition) is 1. The zero-order chi connectivity index (χ0) is 26.0. The molecule has 1 atom stereocenters. The third-order valence-electron chi connectivity index (χ3n) is 5.67. The van der Waals surface area contributed by atoms with Gasteiger partial charge in [0, 0.05) is 0 Å². The quantitative estimate of drug-likeness (QED) is 0.219. The first-order valence-electron chi connectivity index (χ1n) is 12.1. The molecule has 0 aliphatic carbocycles. The van der Waals surface area contributed by atoms with Crippen LogP contribution in [-0.2, 0) is 12.8 Å². The lowest BCUT2D eigenvalue weighted by molar-refractivity contribution is 0.0732. The number of carbonyl (C=O) groups excluding carboxylic acids is 2. The van der Waals surface area contributed by atoms with Gasteiger partial charge < -0.3 is 14.6 Å². The third-order valence-corrected chi connectivity index (χ3v) is 5.67. The number of ether oxygens (including phenoxy) is 2. The average Bonchev–Trinajstić information content (AvgIpc) is 2.92. The van der Waals surface area contributed by atoms with E-state index < -0.39 is 18.0 Å². The van der Waals surface area contributed by atoms with Gasteiger partial charge in [-0.2, -0.15) is 0 Å². The van der Waals surface area contributed by atoms with E-state index in [0.717, 1.165) is 17.5 Å². The molecule has 0 saturated carbocycles. The predicted molar refractivity (Wildman–Crippen MR) is 144 cm³/mol. The van der Waals surface area contributed by atoms with Gasteiger partial charge in [-0.05, 0) is 73.4 Å². The number of hydrogen-bond acceptors (Lipinski definition) is 5. The fourth-order valence-corrected chi connectivity index (χ4v) is 3.77. The number of carbonyl (C=O) groups is 2. The summed E-state index contributed by atoms with van der Waals surface area (Å²) in [5, 5.41) is 9.88. The fraction of sp³-hybridized carbons (Fsp3) is 0.125. The summed E-state index contributed by atoms with van der Waals surface area (Å²) in [6.45, 7) is 1.61. The average molecular weight is 493 g/mol. The highest BCUT2D eigenvalue weighted by Crippen LogP contribution is 2.34. The van der Waals surface area contributed by atoms with Crippen LogP contribution in [0.25, 0.3) is 6.08 Å². The van der Waals surface area contributed by atoms with Crippen molar-refractivity contribution in [2.24, 2.45) is 0 Å². The largest absolute Gasteiger partial charge is 0.422 e. The van der Waals surface area contributed by atoms with E-state index in [-0.39, 0.29) is 11.5 Å². The topological polar surface area (TPSA) is 72.8 Å². The molecular weight excluding hydrogens is 464 g/mol. The molecule has 0 radical (unpaired) electrons. The van der Waals surface area contributed by atoms with E-state index in [0.29, 0.717) is 23.1 Å². The summed E-state index contributed by atoms with van der Waals surface area (Å²) in [6.07, 6.45) is 3.77. The van der Waals surface area contributed by atoms with Crippen LogP contribution in [0, 0.1) is 0 Å². The predicted octanol–water partition coefficient (Wildman–Crippen LogP) is 6.30. The van der Waals surface area contributed by atoms with E-state index >= 15 is 0 Å². The molecule has 0 spiro atoms. The summed E-state index contributed by atoms with van der Waals surface area (Å²) in [5.74, 6) is -0.583. The highest BCUT2D eigenvalue weighted by atomic mass is 16.5. The second-order valence-electron chi connectivity index (χ2n) is 8.60. The number of aliphatic hydroxyl groups is 1. The molecule has 4 rings (SSSR count). The minimum absolute atomic E-state index is 0.243. The van der Waals surface area contributed by atoms with Gasteiger partial charge in [-0.15, -0.1) is 0 Å². The van der Waals surface area contributed by atoms with Gasteiger partial charge in [0.15, 0.2) is 0 Å². The van der Waals surface area contributed by atoms with Crippen LogP contribution < -0.4 is 9.47 Å². The van der Waals surface area contributed by atoms with Crippen molar-refractivity contribution in [3.05, 3.63) is 137 Å². The second kappa shape index (κ2) is 12.5. The minimum Gasteiger partial charge on any atom is -0.422 e. The van der Waals surface area contributed by atoms with Crippen LogP contribution in [0.15, 0.2) is 109 Å². The number of rotatable bonds is 9. The Labute approximate surface area is 216 Å². The zero-order valence-electron chi connectivity index (χ0n) is 20.5. The molecule has 0 aliphatic heterocycles. The van der Waals surface area contributed by atoms with Crippen molar-refractivity contribution in [2.75, 3.05) is 0 Å². The highest BCUT2D eigenvalue weighted by molar-refractivity contribution is 5.93. The third kappa shape index (κ3) is 7.26. The molecule has 0 amide bonds. The van der Waals surface area contributed by atoms with Gasteiger partial charge in [0.25, 0.3) is 0 Å². The number of benzene rings is 4. The van der Waals surface area contributed by atoms with Crippen LogP contribution in [-0.4, -0.2) is 23.1 Å². The van der Waals surface area contributed by atoms with Gasteiger partial charge >= 0.3 is 11.9 Å². The van der Waals surface area contributed by atoms with E-state index in [1.54, 1.807) is 79.7 Å². The number of aliphatic hydroxyl groups excluding tert-OH is 1. The lowest BCUT2D eigenvalue weighted by Crippen LogP contribution is -2.13. The van der Waals surface area contributed by atoms with Crippen molar-refractivity contribution < 1.29 is 24.2 Å². The maximum atomic E-state index is 12.9. The van der Waals surface area contributed by atoms with Gasteiger partial charge in [0.2, 0.25) is 0 Å². The normalized spacial score (nSPS) is 11.7. The molecule has 186 valence electrons. The molecule has 5 nitrogen and oxygen atoms in total. The summed E-state index contributed by atoms with van der Waals surface area (Å²) in [4.78, 5) is 25.9. The summed E-state index contributed by atoms with van der Waals surface area (Å²) in [6, 6.07) is 30.9. The van der Waals surface area contributed by atoms with Crippen molar-refractivity contribution in [1.29, 1.82) is 0 Å². The van der Waals surface area contributed by atoms with E-state index in [1.165, 1.54) is 0 Å². The zero-order valence-corrected chi connectivity index (χ0v) is 20.5. The number of aryl methyl sites for hydroxylation is 2. The first-order chi connectivity index (χ1) is 18.0. The van der Waals surface area contributed by atoms with Gasteiger partial charge in [-0.1, -0.05) is 72.8 Å². The van der Waals surface area contributed by atoms with E-state index in [1.807, 2.05) is 42.5 Å². The summed E-state index contributed by atoms with van der Waals surface area (Å²) < 4.78 is 11.6. The molecule has 37 heavy (non-hydrogen) atoms. The van der Waals surface area contributed by atoms with Crippen molar-refractivity contribution in [2.45, 2.75) is 25.9 Å². The van der Waals surface area contributed by atoms with Crippen molar-refractivity contribution in [3.63, 3.8) is 0 Å². The Morgan fingerprint density at radius 3 is 1.59 bits per heavy atom. The summed E-state index contributed by atoms with van der Waals surface area (Å²) >= 11 is 0. The van der Waals surface area contributed by atoms with E-state index in [2.05, 4.69) is 0 Å². The van der Waals surface area contributed by atoms with E-state index in [4.69, 9.17) is 9.47 Å². The van der Waals surface area contributed by atoms with Gasteiger partial charge in [-0.25, -0.2) is 9.59 Å². The minimum atomic E-state index is -0.756. The van der Waals surface area contributed by atoms with Crippen LogP contribution >= 0.6 is 0 Å². The molecule has 0 unspecified atom stereocenters. The smallest absolute Gasteiger partial charge is 0.343 e. The molecule has 0 heterocycles. The van der Waals surface area contributed by atoms with Crippen LogP contribution in [0.3, 0.4) is 0 Å². The molecule has 1 N–H and O–H groups in total. The van der Waals surface area contributed by atoms with Crippen LogP contribution in [0.2, 0.25) is 0 Å². The van der Waals surface area contributed by atoms with Gasteiger partial charge in [0.05, 0.1) is 22.8 Å². The molecule has 0 bridgehead atoms. The maximum absolute atomic E-state index is 12.9. The highest BCUT2D eigenvalue weighted by Gasteiger charge is 2.19. The standard InChI is InChI=1S/C32H28O5/c1-23(33)17-20-28-29(36-31(34)26-13-7-3-8-14-26)21-25(19-18-24-11-5-2-6-12-24)22-30(28)37-32(35)27-15-9-4-10-16-27/h2-17,20-23,33H,18-19H2,1H3/b20-17+/t23-/m0/s1. The second-order valence-corrected chi connectivity index (χ2v) is 8.60. The number of esters is 2. The van der Waals surface area contributed by atoms with Gasteiger partial charge in [0.1, 0.15) is 11.5 Å².